The van der Waals surface area contributed by atoms with Crippen molar-refractivity contribution in [1.82, 2.24) is 29.8 Å². The lowest BCUT2D eigenvalue weighted by atomic mass is 10.0. The molecule has 1 aliphatic heterocycles. The molecular weight excluding hydrogens is 458 g/mol. The van der Waals surface area contributed by atoms with Crippen LogP contribution in [0.1, 0.15) is 28.0 Å². The van der Waals surface area contributed by atoms with E-state index in [1.807, 2.05) is 0 Å². The van der Waals surface area contributed by atoms with Gasteiger partial charge in [0.15, 0.2) is 16.0 Å². The summed E-state index contributed by atoms with van der Waals surface area (Å²) < 4.78 is 15.5. The van der Waals surface area contributed by atoms with E-state index in [-0.39, 0.29) is 46.3 Å². The molecule has 12 heteroatoms. The van der Waals surface area contributed by atoms with E-state index in [9.17, 15) is 14.0 Å². The minimum Gasteiger partial charge on any atom is -1.00 e. The van der Waals surface area contributed by atoms with E-state index in [0.29, 0.717) is 30.9 Å². The van der Waals surface area contributed by atoms with Crippen molar-refractivity contribution in [1.29, 1.82) is 0 Å². The number of benzene rings is 1. The summed E-state index contributed by atoms with van der Waals surface area (Å²) in [4.78, 5) is 30.5. The number of aromatic nitrogens is 4. The van der Waals surface area contributed by atoms with Crippen molar-refractivity contribution < 1.29 is 21.6 Å². The van der Waals surface area contributed by atoms with Crippen molar-refractivity contribution in [3.63, 3.8) is 0 Å². The van der Waals surface area contributed by atoms with Gasteiger partial charge in [0.05, 0.1) is 5.56 Å². The Bertz CT molecular complexity index is 1140. The van der Waals surface area contributed by atoms with Crippen LogP contribution in [0.3, 0.4) is 0 Å². The maximum absolute atomic E-state index is 14.4. The number of hydrogen-bond acceptors (Lipinski definition) is 5. The first-order valence-corrected chi connectivity index (χ1v) is 9.80. The molecule has 4 rings (SSSR count). The number of halogens is 4. The summed E-state index contributed by atoms with van der Waals surface area (Å²) in [6.07, 6.45) is 1.01. The van der Waals surface area contributed by atoms with Crippen molar-refractivity contribution in [2.45, 2.75) is 12.8 Å². The molecule has 0 saturated carbocycles. The molecule has 3 heterocycles. The Labute approximate surface area is 186 Å². The maximum atomic E-state index is 14.4. The fraction of sp³-hybridized carbons (Fsp3) is 0.333. The van der Waals surface area contributed by atoms with Crippen molar-refractivity contribution in [3.05, 3.63) is 61.6 Å². The molecule has 1 aromatic carbocycles. The quantitative estimate of drug-likeness (QED) is 0.502. The summed E-state index contributed by atoms with van der Waals surface area (Å²) in [6, 6.07) is 4.32. The zero-order valence-electron chi connectivity index (χ0n) is 15.6. The Morgan fingerprint density at radius 1 is 1.23 bits per heavy atom. The van der Waals surface area contributed by atoms with Gasteiger partial charge in [-0.3, -0.25) is 4.79 Å². The zero-order chi connectivity index (χ0) is 20.5. The number of carbonyl (C=O) groups is 1. The lowest BCUT2D eigenvalue weighted by Crippen LogP contribution is -3.00. The van der Waals surface area contributed by atoms with Crippen molar-refractivity contribution in [3.8, 4) is 0 Å². The molecular formula is C18H17Cl3FN6O2-. The number of nitrogens with one attached hydrogen (secondary N) is 2. The minimum atomic E-state index is -0.581. The predicted molar refractivity (Wildman–Crippen MR) is 106 cm³/mol. The second-order valence-corrected chi connectivity index (χ2v) is 7.43. The van der Waals surface area contributed by atoms with E-state index in [1.165, 1.54) is 12.1 Å². The lowest BCUT2D eigenvalue weighted by molar-refractivity contribution is -0.0000166. The van der Waals surface area contributed by atoms with Crippen molar-refractivity contribution >= 4 is 34.8 Å². The molecule has 0 spiro atoms. The molecule has 1 amide bonds. The first-order valence-electron chi connectivity index (χ1n) is 9.05. The van der Waals surface area contributed by atoms with Gasteiger partial charge in [-0.25, -0.2) is 23.7 Å². The third-order valence-corrected chi connectivity index (χ3v) is 5.50. The number of carbonyl (C=O) groups excluding carboxylic acids is 1. The van der Waals surface area contributed by atoms with Crippen LogP contribution in [0.2, 0.25) is 10.3 Å². The molecule has 160 valence electrons. The highest BCUT2D eigenvalue weighted by Crippen LogP contribution is 2.23. The maximum Gasteiger partial charge on any atom is 0.348 e. The van der Waals surface area contributed by atoms with Gasteiger partial charge >= 0.3 is 5.69 Å². The molecule has 0 unspecified atom stereocenters. The number of amides is 1. The Balaban J connectivity index is 0.00000256. The van der Waals surface area contributed by atoms with Crippen LogP contribution >= 0.6 is 23.2 Å². The Morgan fingerprint density at radius 3 is 2.83 bits per heavy atom. The molecule has 0 atom stereocenters. The SMILES string of the molecule is O=C(c1cc(Cc2n[nH]c(=O)n3c(Cl)c(Cl)nc23)ccc1F)N1CCCNCC1.[Cl-]. The monoisotopic (exact) mass is 473 g/mol. The molecule has 1 fully saturated rings. The third kappa shape index (κ3) is 4.29. The molecule has 2 N–H and O–H groups in total. The molecule has 30 heavy (non-hydrogen) atoms. The zero-order valence-corrected chi connectivity index (χ0v) is 17.9. The lowest BCUT2D eigenvalue weighted by Gasteiger charge is -2.20. The number of nitrogens with zero attached hydrogens (tertiary/aromatic N) is 4. The van der Waals surface area contributed by atoms with Crippen LogP contribution in [-0.4, -0.2) is 56.6 Å². The second kappa shape index (κ2) is 9.30. The fourth-order valence-electron chi connectivity index (χ4n) is 3.35. The first kappa shape index (κ1) is 22.5. The van der Waals surface area contributed by atoms with Crippen LogP contribution in [0.15, 0.2) is 23.0 Å². The summed E-state index contributed by atoms with van der Waals surface area (Å²) in [5.41, 5.74) is 0.670. The summed E-state index contributed by atoms with van der Waals surface area (Å²) in [5, 5.41) is 9.54. The van der Waals surface area contributed by atoms with Gasteiger partial charge < -0.3 is 22.6 Å². The average Bonchev–Trinajstić information content (AvgIpc) is 2.89. The fourth-order valence-corrected chi connectivity index (χ4v) is 3.71. The average molecular weight is 475 g/mol. The minimum absolute atomic E-state index is 0. The van der Waals surface area contributed by atoms with Gasteiger partial charge in [-0.05, 0) is 30.7 Å². The second-order valence-electron chi connectivity index (χ2n) is 6.71. The Kier molecular flexibility index (Phi) is 6.97. The smallest absolute Gasteiger partial charge is 0.348 e. The molecule has 3 aromatic rings. The molecule has 1 saturated heterocycles. The van der Waals surface area contributed by atoms with Gasteiger partial charge in [-0.2, -0.15) is 5.10 Å². The van der Waals surface area contributed by atoms with E-state index in [0.717, 1.165) is 17.4 Å². The molecule has 1 aliphatic rings. The highest BCUT2D eigenvalue weighted by Gasteiger charge is 2.22. The largest absolute Gasteiger partial charge is 1.00 e. The number of rotatable bonds is 3. The number of fused-ring (bicyclic) bond motifs is 1. The van der Waals surface area contributed by atoms with Crippen LogP contribution < -0.4 is 23.4 Å². The van der Waals surface area contributed by atoms with Gasteiger partial charge in [0.2, 0.25) is 0 Å². The number of aromatic amines is 1. The third-order valence-electron chi connectivity index (χ3n) is 4.79. The Hall–Kier alpha value is -2.20. The van der Waals surface area contributed by atoms with Gasteiger partial charge in [0.1, 0.15) is 11.5 Å². The van der Waals surface area contributed by atoms with Crippen molar-refractivity contribution in [2.24, 2.45) is 0 Å². The number of H-pyrrole nitrogens is 1. The summed E-state index contributed by atoms with van der Waals surface area (Å²) in [5.74, 6) is -0.929. The number of hydrogen-bond donors (Lipinski definition) is 2. The van der Waals surface area contributed by atoms with Gasteiger partial charge in [-0.1, -0.05) is 29.3 Å². The van der Waals surface area contributed by atoms with Crippen molar-refractivity contribution in [2.75, 3.05) is 26.2 Å². The van der Waals surface area contributed by atoms with E-state index in [1.54, 1.807) is 11.0 Å². The highest BCUT2D eigenvalue weighted by atomic mass is 35.5. The van der Waals surface area contributed by atoms with Crippen LogP contribution in [0, 0.1) is 5.82 Å². The van der Waals surface area contributed by atoms with Crippen LogP contribution in [0.4, 0.5) is 4.39 Å². The highest BCUT2D eigenvalue weighted by molar-refractivity contribution is 6.40. The summed E-state index contributed by atoms with van der Waals surface area (Å²) in [7, 11) is 0. The topological polar surface area (TPSA) is 95.4 Å². The molecule has 0 aliphatic carbocycles. The molecule has 2 aromatic heterocycles. The molecule has 8 nitrogen and oxygen atoms in total. The van der Waals surface area contributed by atoms with Gasteiger partial charge in [0, 0.05) is 26.1 Å². The first-order chi connectivity index (χ1) is 14.0. The summed E-state index contributed by atoms with van der Waals surface area (Å²) in [6.45, 7) is 2.60. The van der Waals surface area contributed by atoms with Crippen LogP contribution in [0.5, 0.6) is 0 Å². The normalized spacial score (nSPS) is 14.4. The van der Waals surface area contributed by atoms with E-state index >= 15 is 0 Å². The van der Waals surface area contributed by atoms with E-state index in [4.69, 9.17) is 23.2 Å². The summed E-state index contributed by atoms with van der Waals surface area (Å²) >= 11 is 12.0. The predicted octanol–water partition coefficient (Wildman–Crippen LogP) is -1.11. The Morgan fingerprint density at radius 2 is 2.03 bits per heavy atom. The standard InChI is InChI=1S/C18H17Cl2FN6O2.ClH/c19-14-15(20)27-16(23-14)13(24-25-18(27)29)9-10-2-3-12(21)11(8-10)17(28)26-6-1-4-22-5-7-26;/h2-3,8,22H,1,4-7,9H2,(H,25,29);1H/p-1. The molecule has 0 radical (unpaired) electrons. The van der Waals surface area contributed by atoms with E-state index < -0.39 is 11.5 Å². The van der Waals surface area contributed by atoms with Crippen LogP contribution in [0.25, 0.3) is 5.65 Å². The van der Waals surface area contributed by atoms with Gasteiger partial charge in [0.25, 0.3) is 5.91 Å². The van der Waals surface area contributed by atoms with E-state index in [2.05, 4.69) is 20.5 Å². The van der Waals surface area contributed by atoms with Crippen LogP contribution in [-0.2, 0) is 6.42 Å². The number of imidazole rings is 1. The molecule has 0 bridgehead atoms. The van der Waals surface area contributed by atoms with Gasteiger partial charge in [-0.15, -0.1) is 0 Å².